The summed E-state index contributed by atoms with van der Waals surface area (Å²) in [6.07, 6.45) is 6.83. The Hall–Kier alpha value is -3.32. The maximum Gasteiger partial charge on any atom is 0.291 e. The van der Waals surface area contributed by atoms with Gasteiger partial charge in [0.15, 0.2) is 5.82 Å². The zero-order valence-electron chi connectivity index (χ0n) is 13.7. The van der Waals surface area contributed by atoms with E-state index in [4.69, 9.17) is 4.74 Å². The Kier molecular flexibility index (Phi) is 4.28. The number of benzene rings is 1. The number of rotatable bonds is 5. The molecule has 0 N–H and O–H groups in total. The third-order valence-electron chi connectivity index (χ3n) is 3.66. The predicted octanol–water partition coefficient (Wildman–Crippen LogP) is 2.33. The van der Waals surface area contributed by atoms with Crippen molar-refractivity contribution in [2.75, 3.05) is 6.61 Å². The van der Waals surface area contributed by atoms with Crippen LogP contribution in [0, 0.1) is 0 Å². The lowest BCUT2D eigenvalue weighted by atomic mass is 10.2. The molecular formula is C19H14N4O2S. The molecule has 0 fully saturated rings. The molecule has 0 amide bonds. The molecule has 0 aliphatic heterocycles. The largest absolute Gasteiger partial charge is 0.489 e. The first-order valence-electron chi connectivity index (χ1n) is 7.90. The van der Waals surface area contributed by atoms with Gasteiger partial charge in [-0.3, -0.25) is 9.78 Å². The van der Waals surface area contributed by atoms with Gasteiger partial charge in [0.05, 0.1) is 4.53 Å². The first-order chi connectivity index (χ1) is 12.8. The van der Waals surface area contributed by atoms with Crippen LogP contribution in [0.5, 0.6) is 5.75 Å². The van der Waals surface area contributed by atoms with E-state index in [1.165, 1.54) is 15.9 Å². The van der Waals surface area contributed by atoms with Gasteiger partial charge in [0.2, 0.25) is 4.96 Å². The number of thiazole rings is 1. The highest BCUT2D eigenvalue weighted by Gasteiger charge is 2.12. The first kappa shape index (κ1) is 16.2. The zero-order valence-corrected chi connectivity index (χ0v) is 14.5. The van der Waals surface area contributed by atoms with Gasteiger partial charge >= 0.3 is 0 Å². The van der Waals surface area contributed by atoms with Gasteiger partial charge in [-0.1, -0.05) is 42.2 Å². The van der Waals surface area contributed by atoms with Crippen molar-refractivity contribution in [2.24, 2.45) is 0 Å². The number of pyridine rings is 1. The molecule has 0 unspecified atom stereocenters. The summed E-state index contributed by atoms with van der Waals surface area (Å²) in [6.45, 7) is 4.05. The Morgan fingerprint density at radius 3 is 2.88 bits per heavy atom. The minimum absolute atomic E-state index is 0.203. The highest BCUT2D eigenvalue weighted by atomic mass is 32.1. The first-order valence-corrected chi connectivity index (χ1v) is 8.72. The lowest BCUT2D eigenvalue weighted by Gasteiger charge is -2.05. The monoisotopic (exact) mass is 362 g/mol. The molecule has 3 aromatic heterocycles. The number of ether oxygens (including phenoxy) is 1. The molecule has 4 aromatic rings. The van der Waals surface area contributed by atoms with Crippen LogP contribution in [0.15, 0.2) is 66.2 Å². The summed E-state index contributed by atoms with van der Waals surface area (Å²) in [5.74, 6) is 1.18. The van der Waals surface area contributed by atoms with E-state index in [0.717, 1.165) is 11.1 Å². The number of nitrogens with zero attached hydrogens (tertiary/aromatic N) is 4. The fraction of sp³-hybridized carbons (Fsp3) is 0.0526. The van der Waals surface area contributed by atoms with Crippen molar-refractivity contribution in [1.82, 2.24) is 19.6 Å². The summed E-state index contributed by atoms with van der Waals surface area (Å²) in [7, 11) is 0. The van der Waals surface area contributed by atoms with E-state index < -0.39 is 0 Å². The second-order valence-electron chi connectivity index (χ2n) is 5.42. The Morgan fingerprint density at radius 2 is 2.12 bits per heavy atom. The van der Waals surface area contributed by atoms with Gasteiger partial charge in [0.1, 0.15) is 12.4 Å². The summed E-state index contributed by atoms with van der Waals surface area (Å²) >= 11 is 1.29. The van der Waals surface area contributed by atoms with E-state index in [1.54, 1.807) is 24.5 Å². The molecule has 4 rings (SSSR count). The van der Waals surface area contributed by atoms with Gasteiger partial charge in [-0.05, 0) is 24.3 Å². The molecule has 26 heavy (non-hydrogen) atoms. The Balaban J connectivity index is 1.78. The molecule has 3 heterocycles. The molecule has 6 nitrogen and oxygen atoms in total. The number of aromatic nitrogens is 4. The number of hydrogen-bond donors (Lipinski definition) is 0. The zero-order chi connectivity index (χ0) is 17.9. The van der Waals surface area contributed by atoms with Crippen LogP contribution in [0.3, 0.4) is 0 Å². The molecule has 0 aliphatic rings. The highest BCUT2D eigenvalue weighted by molar-refractivity contribution is 7.15. The van der Waals surface area contributed by atoms with Gasteiger partial charge in [0, 0.05) is 23.5 Å². The van der Waals surface area contributed by atoms with Crippen molar-refractivity contribution in [2.45, 2.75) is 0 Å². The molecule has 0 spiro atoms. The molecule has 0 atom stereocenters. The minimum atomic E-state index is -0.203. The molecule has 0 aliphatic carbocycles. The van der Waals surface area contributed by atoms with E-state index in [9.17, 15) is 4.79 Å². The quantitative estimate of drug-likeness (QED) is 0.510. The van der Waals surface area contributed by atoms with Crippen LogP contribution >= 0.6 is 11.3 Å². The minimum Gasteiger partial charge on any atom is -0.489 e. The molecule has 0 saturated heterocycles. The van der Waals surface area contributed by atoms with Gasteiger partial charge in [-0.25, -0.2) is 0 Å². The number of para-hydroxylation sites is 1. The predicted molar refractivity (Wildman–Crippen MR) is 101 cm³/mol. The standard InChI is InChI=1S/C19H14N4O2S/c1-2-10-25-15-8-4-3-6-13(15)11-16-18(24)23-19(26-16)21-17(22-23)14-7-5-9-20-12-14/h2-9,11-12H,1,10H2/b16-11-. The van der Waals surface area contributed by atoms with E-state index in [1.807, 2.05) is 36.4 Å². The Bertz CT molecular complexity index is 1180. The van der Waals surface area contributed by atoms with E-state index in [-0.39, 0.29) is 5.56 Å². The lowest BCUT2D eigenvalue weighted by molar-refractivity contribution is 0.362. The summed E-state index contributed by atoms with van der Waals surface area (Å²) in [5.41, 5.74) is 1.39. The van der Waals surface area contributed by atoms with Crippen LogP contribution in [0.25, 0.3) is 22.4 Å². The Labute approximate surface area is 152 Å². The molecule has 128 valence electrons. The number of fused-ring (bicyclic) bond motifs is 1. The summed E-state index contributed by atoms with van der Waals surface area (Å²) in [4.78, 5) is 21.7. The fourth-order valence-electron chi connectivity index (χ4n) is 2.47. The smallest absolute Gasteiger partial charge is 0.291 e. The lowest BCUT2D eigenvalue weighted by Crippen LogP contribution is -2.23. The third kappa shape index (κ3) is 3.00. The highest BCUT2D eigenvalue weighted by Crippen LogP contribution is 2.19. The molecule has 7 heteroatoms. The van der Waals surface area contributed by atoms with E-state index in [0.29, 0.717) is 27.7 Å². The van der Waals surface area contributed by atoms with Crippen LogP contribution in [0.4, 0.5) is 0 Å². The summed E-state index contributed by atoms with van der Waals surface area (Å²) in [5, 5.41) is 4.32. The van der Waals surface area contributed by atoms with Crippen LogP contribution in [0.2, 0.25) is 0 Å². The maximum atomic E-state index is 12.7. The third-order valence-corrected chi connectivity index (χ3v) is 4.62. The Morgan fingerprint density at radius 1 is 1.23 bits per heavy atom. The van der Waals surface area contributed by atoms with Crippen molar-refractivity contribution in [3.05, 3.63) is 81.9 Å². The van der Waals surface area contributed by atoms with Crippen molar-refractivity contribution in [1.29, 1.82) is 0 Å². The van der Waals surface area contributed by atoms with Crippen molar-refractivity contribution >= 4 is 22.4 Å². The van der Waals surface area contributed by atoms with Crippen LogP contribution in [-0.4, -0.2) is 26.2 Å². The molecule has 0 radical (unpaired) electrons. The van der Waals surface area contributed by atoms with Gasteiger partial charge in [-0.2, -0.15) is 9.50 Å². The van der Waals surface area contributed by atoms with Crippen LogP contribution in [0.1, 0.15) is 5.56 Å². The van der Waals surface area contributed by atoms with Crippen molar-refractivity contribution < 1.29 is 4.74 Å². The fourth-order valence-corrected chi connectivity index (χ4v) is 3.37. The average Bonchev–Trinajstić information content (AvgIpc) is 3.22. The van der Waals surface area contributed by atoms with Gasteiger partial charge in [-0.15, -0.1) is 5.10 Å². The molecule has 0 bridgehead atoms. The maximum absolute atomic E-state index is 12.7. The molecular weight excluding hydrogens is 348 g/mol. The van der Waals surface area contributed by atoms with E-state index >= 15 is 0 Å². The van der Waals surface area contributed by atoms with Crippen molar-refractivity contribution in [3.8, 4) is 17.1 Å². The second kappa shape index (κ2) is 6.89. The normalized spacial score (nSPS) is 11.8. The molecule has 1 aromatic carbocycles. The second-order valence-corrected chi connectivity index (χ2v) is 6.43. The summed E-state index contributed by atoms with van der Waals surface area (Å²) in [6, 6.07) is 11.2. The topological polar surface area (TPSA) is 69.4 Å². The summed E-state index contributed by atoms with van der Waals surface area (Å²) < 4.78 is 7.51. The van der Waals surface area contributed by atoms with Gasteiger partial charge in [0.25, 0.3) is 5.56 Å². The van der Waals surface area contributed by atoms with Crippen LogP contribution in [-0.2, 0) is 0 Å². The number of hydrogen-bond acceptors (Lipinski definition) is 6. The van der Waals surface area contributed by atoms with Crippen molar-refractivity contribution in [3.63, 3.8) is 0 Å². The van der Waals surface area contributed by atoms with E-state index in [2.05, 4.69) is 21.6 Å². The molecule has 0 saturated carbocycles. The SMILES string of the molecule is C=CCOc1ccccc1/C=c1\sc2nc(-c3cccnc3)nn2c1=O. The average molecular weight is 362 g/mol. The van der Waals surface area contributed by atoms with Gasteiger partial charge < -0.3 is 4.74 Å². The van der Waals surface area contributed by atoms with Crippen LogP contribution < -0.4 is 14.8 Å².